The zero-order valence-electron chi connectivity index (χ0n) is 15.0. The van der Waals surface area contributed by atoms with Crippen LogP contribution in [0.5, 0.6) is 5.75 Å². The molecule has 1 saturated heterocycles. The summed E-state index contributed by atoms with van der Waals surface area (Å²) in [7, 11) is 2.10. The number of likely N-dealkylation sites (N-methyl/N-ethyl adjacent to an activating group) is 1. The standard InChI is InChI=1S/C20H21BrN4O2/c1-24-11-14(13-5-7-16(26)8-6-13)10-15(12-24)22-19-18(21)20(27)25-9-3-2-4-17(25)23-19/h2-9,14-15,22,26H,10-12H2,1H3. The summed E-state index contributed by atoms with van der Waals surface area (Å²) >= 11 is 3.41. The number of phenols is 1. The van der Waals surface area contributed by atoms with Crippen molar-refractivity contribution in [2.75, 3.05) is 25.5 Å². The summed E-state index contributed by atoms with van der Waals surface area (Å²) in [5.74, 6) is 1.21. The quantitative estimate of drug-likeness (QED) is 0.670. The van der Waals surface area contributed by atoms with Crippen molar-refractivity contribution in [1.82, 2.24) is 14.3 Å². The molecule has 0 spiro atoms. The molecular formula is C20H21BrN4O2. The third-order valence-corrected chi connectivity index (χ3v) is 5.73. The van der Waals surface area contributed by atoms with Crippen molar-refractivity contribution in [3.8, 4) is 5.75 Å². The molecule has 2 atom stereocenters. The Morgan fingerprint density at radius 1 is 1.19 bits per heavy atom. The molecule has 1 aliphatic heterocycles. The van der Waals surface area contributed by atoms with E-state index in [2.05, 4.69) is 38.2 Å². The monoisotopic (exact) mass is 428 g/mol. The molecule has 7 heteroatoms. The van der Waals surface area contributed by atoms with Gasteiger partial charge in [-0.25, -0.2) is 4.98 Å². The van der Waals surface area contributed by atoms with Gasteiger partial charge in [-0.2, -0.15) is 0 Å². The first-order valence-corrected chi connectivity index (χ1v) is 9.71. The highest BCUT2D eigenvalue weighted by Gasteiger charge is 2.27. The maximum atomic E-state index is 12.6. The van der Waals surface area contributed by atoms with E-state index in [0.29, 0.717) is 21.9 Å². The molecule has 1 fully saturated rings. The SMILES string of the molecule is CN1CC(Nc2nc3ccccn3c(=O)c2Br)CC(c2ccc(O)cc2)C1. The molecule has 1 aromatic carbocycles. The predicted molar refractivity (Wildman–Crippen MR) is 110 cm³/mol. The molecular weight excluding hydrogens is 408 g/mol. The van der Waals surface area contributed by atoms with E-state index in [1.54, 1.807) is 18.3 Å². The van der Waals surface area contributed by atoms with Crippen LogP contribution in [0.25, 0.3) is 5.65 Å². The fraction of sp³-hybridized carbons (Fsp3) is 0.300. The number of nitrogens with one attached hydrogen (secondary N) is 1. The number of aromatic nitrogens is 2. The average molecular weight is 429 g/mol. The summed E-state index contributed by atoms with van der Waals surface area (Å²) in [5, 5.41) is 13.0. The van der Waals surface area contributed by atoms with E-state index in [1.165, 1.54) is 9.96 Å². The first kappa shape index (κ1) is 18.0. The molecule has 1 aliphatic rings. The van der Waals surface area contributed by atoms with Gasteiger partial charge in [-0.3, -0.25) is 9.20 Å². The van der Waals surface area contributed by atoms with Crippen LogP contribution in [0.4, 0.5) is 5.82 Å². The summed E-state index contributed by atoms with van der Waals surface area (Å²) in [6, 6.07) is 13.1. The summed E-state index contributed by atoms with van der Waals surface area (Å²) in [6.07, 6.45) is 2.64. The molecule has 0 radical (unpaired) electrons. The number of pyridine rings is 1. The lowest BCUT2D eigenvalue weighted by molar-refractivity contribution is 0.235. The number of aromatic hydroxyl groups is 1. The van der Waals surface area contributed by atoms with E-state index >= 15 is 0 Å². The molecule has 140 valence electrons. The van der Waals surface area contributed by atoms with Crippen LogP contribution in [0.1, 0.15) is 17.9 Å². The van der Waals surface area contributed by atoms with E-state index in [4.69, 9.17) is 0 Å². The number of nitrogens with zero attached hydrogens (tertiary/aromatic N) is 3. The number of fused-ring (bicyclic) bond motifs is 1. The fourth-order valence-corrected chi connectivity index (χ4v) is 4.16. The minimum Gasteiger partial charge on any atom is -0.508 e. The summed E-state index contributed by atoms with van der Waals surface area (Å²) < 4.78 is 1.97. The van der Waals surface area contributed by atoms with Gasteiger partial charge in [0.25, 0.3) is 5.56 Å². The lowest BCUT2D eigenvalue weighted by atomic mass is 9.88. The molecule has 0 saturated carbocycles. The zero-order chi connectivity index (χ0) is 19.0. The second kappa shape index (κ2) is 7.32. The second-order valence-corrected chi connectivity index (χ2v) is 7.89. The van der Waals surface area contributed by atoms with Crippen LogP contribution in [0.15, 0.2) is 57.9 Å². The number of halogens is 1. The smallest absolute Gasteiger partial charge is 0.274 e. The number of hydrogen-bond donors (Lipinski definition) is 2. The minimum absolute atomic E-state index is 0.123. The van der Waals surface area contributed by atoms with Crippen LogP contribution in [-0.4, -0.2) is 45.6 Å². The van der Waals surface area contributed by atoms with Crippen molar-refractivity contribution >= 4 is 27.4 Å². The first-order chi connectivity index (χ1) is 13.0. The number of anilines is 1. The molecule has 0 bridgehead atoms. The molecule has 2 unspecified atom stereocenters. The van der Waals surface area contributed by atoms with Crippen molar-refractivity contribution in [1.29, 1.82) is 0 Å². The van der Waals surface area contributed by atoms with Gasteiger partial charge in [-0.1, -0.05) is 18.2 Å². The van der Waals surface area contributed by atoms with Crippen molar-refractivity contribution in [3.05, 3.63) is 69.1 Å². The average Bonchev–Trinajstić information content (AvgIpc) is 2.66. The Balaban J connectivity index is 1.60. The van der Waals surface area contributed by atoms with E-state index in [9.17, 15) is 9.90 Å². The summed E-state index contributed by atoms with van der Waals surface area (Å²) in [5.41, 5.74) is 1.70. The summed E-state index contributed by atoms with van der Waals surface area (Å²) in [4.78, 5) is 19.5. The highest BCUT2D eigenvalue weighted by atomic mass is 79.9. The Morgan fingerprint density at radius 3 is 2.74 bits per heavy atom. The molecule has 2 aromatic heterocycles. The molecule has 0 aliphatic carbocycles. The summed E-state index contributed by atoms with van der Waals surface area (Å²) in [6.45, 7) is 1.83. The lowest BCUT2D eigenvalue weighted by Gasteiger charge is -2.36. The van der Waals surface area contributed by atoms with Gasteiger partial charge in [0.15, 0.2) is 0 Å². The first-order valence-electron chi connectivity index (χ1n) is 8.92. The topological polar surface area (TPSA) is 69.9 Å². The fourth-order valence-electron chi connectivity index (χ4n) is 3.77. The third-order valence-electron chi connectivity index (χ3n) is 5.02. The van der Waals surface area contributed by atoms with Gasteiger partial charge < -0.3 is 15.3 Å². The van der Waals surface area contributed by atoms with Crippen LogP contribution in [0.2, 0.25) is 0 Å². The maximum absolute atomic E-state index is 12.6. The Hall–Kier alpha value is -2.38. The van der Waals surface area contributed by atoms with E-state index in [1.807, 2.05) is 30.3 Å². The Kier molecular flexibility index (Phi) is 4.88. The van der Waals surface area contributed by atoms with Crippen molar-refractivity contribution in [2.24, 2.45) is 0 Å². The molecule has 6 nitrogen and oxygen atoms in total. The van der Waals surface area contributed by atoms with Gasteiger partial charge in [-0.05, 0) is 65.1 Å². The molecule has 0 amide bonds. The number of piperidine rings is 1. The highest BCUT2D eigenvalue weighted by Crippen LogP contribution is 2.29. The Morgan fingerprint density at radius 2 is 1.96 bits per heavy atom. The van der Waals surface area contributed by atoms with Crippen molar-refractivity contribution < 1.29 is 5.11 Å². The number of rotatable bonds is 3. The predicted octanol–water partition coefficient (Wildman–Crippen LogP) is 3.06. The van der Waals surface area contributed by atoms with Gasteiger partial charge in [0, 0.05) is 25.3 Å². The van der Waals surface area contributed by atoms with E-state index in [-0.39, 0.29) is 17.4 Å². The third kappa shape index (κ3) is 3.70. The van der Waals surface area contributed by atoms with Gasteiger partial charge >= 0.3 is 0 Å². The number of phenolic OH excluding ortho intramolecular Hbond substituents is 1. The largest absolute Gasteiger partial charge is 0.508 e. The van der Waals surface area contributed by atoms with Crippen molar-refractivity contribution in [3.63, 3.8) is 0 Å². The molecule has 27 heavy (non-hydrogen) atoms. The highest BCUT2D eigenvalue weighted by molar-refractivity contribution is 9.10. The normalized spacial score (nSPS) is 20.7. The van der Waals surface area contributed by atoms with E-state index in [0.717, 1.165) is 19.5 Å². The number of likely N-dealkylation sites (tertiary alicyclic amines) is 1. The van der Waals surface area contributed by atoms with Crippen LogP contribution in [0, 0.1) is 0 Å². The molecule has 2 N–H and O–H groups in total. The molecule has 4 rings (SSSR count). The lowest BCUT2D eigenvalue weighted by Crippen LogP contribution is -2.43. The number of hydrogen-bond acceptors (Lipinski definition) is 5. The Labute approximate surface area is 165 Å². The van der Waals surface area contributed by atoms with E-state index < -0.39 is 0 Å². The van der Waals surface area contributed by atoms with Crippen LogP contribution < -0.4 is 10.9 Å². The number of benzene rings is 1. The van der Waals surface area contributed by atoms with Gasteiger partial charge in [0.1, 0.15) is 21.7 Å². The van der Waals surface area contributed by atoms with Crippen LogP contribution in [0.3, 0.4) is 0 Å². The van der Waals surface area contributed by atoms with Crippen LogP contribution in [-0.2, 0) is 0 Å². The zero-order valence-corrected chi connectivity index (χ0v) is 16.6. The maximum Gasteiger partial charge on any atom is 0.274 e. The van der Waals surface area contributed by atoms with Gasteiger partial charge in [0.2, 0.25) is 0 Å². The van der Waals surface area contributed by atoms with Gasteiger partial charge in [-0.15, -0.1) is 0 Å². The Bertz CT molecular complexity index is 1020. The van der Waals surface area contributed by atoms with Crippen LogP contribution >= 0.6 is 15.9 Å². The molecule has 3 aromatic rings. The van der Waals surface area contributed by atoms with Crippen molar-refractivity contribution in [2.45, 2.75) is 18.4 Å². The minimum atomic E-state index is -0.123. The molecule has 3 heterocycles. The second-order valence-electron chi connectivity index (χ2n) is 7.10. The van der Waals surface area contributed by atoms with Gasteiger partial charge in [0.05, 0.1) is 0 Å².